The fourth-order valence-electron chi connectivity index (χ4n) is 3.95. The SMILES string of the molecule is O=C1C[C@@H](c2ccccc2)N(CC(=O)NC2CCCCCC2)CCN1. The predicted molar refractivity (Wildman–Crippen MR) is 98.0 cm³/mol. The van der Waals surface area contributed by atoms with Gasteiger partial charge in [-0.05, 0) is 18.4 Å². The van der Waals surface area contributed by atoms with Crippen LogP contribution in [0.1, 0.15) is 56.6 Å². The first-order valence-electron chi connectivity index (χ1n) is 9.57. The second-order valence-electron chi connectivity index (χ2n) is 7.21. The van der Waals surface area contributed by atoms with Crippen molar-refractivity contribution < 1.29 is 9.59 Å². The van der Waals surface area contributed by atoms with E-state index in [2.05, 4.69) is 15.5 Å². The maximum atomic E-state index is 12.6. The maximum absolute atomic E-state index is 12.6. The number of hydrogen-bond acceptors (Lipinski definition) is 3. The van der Waals surface area contributed by atoms with Crippen LogP contribution in [0, 0.1) is 0 Å². The number of carbonyl (C=O) groups is 2. The van der Waals surface area contributed by atoms with E-state index in [1.807, 2.05) is 30.3 Å². The molecule has 0 aromatic heterocycles. The average Bonchev–Trinajstić information content (AvgIpc) is 2.97. The summed E-state index contributed by atoms with van der Waals surface area (Å²) in [6, 6.07) is 10.3. The van der Waals surface area contributed by atoms with E-state index in [1.54, 1.807) is 0 Å². The van der Waals surface area contributed by atoms with E-state index in [0.29, 0.717) is 32.1 Å². The summed E-state index contributed by atoms with van der Waals surface area (Å²) in [6.07, 6.45) is 7.56. The minimum absolute atomic E-state index is 0.0383. The lowest BCUT2D eigenvalue weighted by Crippen LogP contribution is -2.43. The number of carbonyl (C=O) groups excluding carboxylic acids is 2. The fourth-order valence-corrected chi connectivity index (χ4v) is 3.95. The van der Waals surface area contributed by atoms with Gasteiger partial charge in [0.1, 0.15) is 0 Å². The van der Waals surface area contributed by atoms with Gasteiger partial charge in [0.15, 0.2) is 0 Å². The highest BCUT2D eigenvalue weighted by Crippen LogP contribution is 2.25. The third-order valence-corrected chi connectivity index (χ3v) is 5.29. The second kappa shape index (κ2) is 8.99. The molecule has 2 aliphatic rings. The summed E-state index contributed by atoms with van der Waals surface area (Å²) in [5.74, 6) is 0.141. The van der Waals surface area contributed by atoms with Gasteiger partial charge in [-0.1, -0.05) is 56.0 Å². The van der Waals surface area contributed by atoms with E-state index in [-0.39, 0.29) is 17.9 Å². The Labute approximate surface area is 150 Å². The summed E-state index contributed by atoms with van der Waals surface area (Å²) in [4.78, 5) is 26.8. The molecule has 5 nitrogen and oxygen atoms in total. The van der Waals surface area contributed by atoms with Crippen LogP contribution in [0.3, 0.4) is 0 Å². The van der Waals surface area contributed by atoms with E-state index in [1.165, 1.54) is 25.7 Å². The third kappa shape index (κ3) is 5.30. The Morgan fingerprint density at radius 3 is 2.56 bits per heavy atom. The van der Waals surface area contributed by atoms with Crippen molar-refractivity contribution in [3.8, 4) is 0 Å². The molecule has 1 aliphatic heterocycles. The van der Waals surface area contributed by atoms with Crippen LogP contribution in [0.4, 0.5) is 0 Å². The highest BCUT2D eigenvalue weighted by molar-refractivity contribution is 5.79. The van der Waals surface area contributed by atoms with Gasteiger partial charge < -0.3 is 10.6 Å². The zero-order valence-corrected chi connectivity index (χ0v) is 14.9. The van der Waals surface area contributed by atoms with E-state index in [4.69, 9.17) is 0 Å². The van der Waals surface area contributed by atoms with Gasteiger partial charge in [0.2, 0.25) is 11.8 Å². The molecule has 1 aromatic carbocycles. The zero-order chi connectivity index (χ0) is 17.5. The summed E-state index contributed by atoms with van der Waals surface area (Å²) in [5, 5.41) is 6.15. The first kappa shape index (κ1) is 17.9. The Bertz CT molecular complexity index is 568. The first-order chi connectivity index (χ1) is 12.2. The molecule has 1 aromatic rings. The summed E-state index contributed by atoms with van der Waals surface area (Å²) in [7, 11) is 0. The molecule has 2 amide bonds. The Kier molecular flexibility index (Phi) is 6.45. The first-order valence-corrected chi connectivity index (χ1v) is 9.57. The van der Waals surface area contributed by atoms with E-state index in [0.717, 1.165) is 18.4 Å². The van der Waals surface area contributed by atoms with Gasteiger partial charge in [0, 0.05) is 31.6 Å². The van der Waals surface area contributed by atoms with Crippen molar-refractivity contribution in [2.75, 3.05) is 19.6 Å². The van der Waals surface area contributed by atoms with E-state index in [9.17, 15) is 9.59 Å². The van der Waals surface area contributed by atoms with Crippen LogP contribution >= 0.6 is 0 Å². The fraction of sp³-hybridized carbons (Fsp3) is 0.600. The number of benzene rings is 1. The highest BCUT2D eigenvalue weighted by Gasteiger charge is 2.28. The van der Waals surface area contributed by atoms with Gasteiger partial charge in [-0.15, -0.1) is 0 Å². The standard InChI is InChI=1S/C20H29N3O2/c24-19-14-18(16-8-4-3-5-9-16)23(13-12-21-19)15-20(25)22-17-10-6-1-2-7-11-17/h3-5,8-9,17-18H,1-2,6-7,10-15H2,(H,21,24)(H,22,25)/t18-/m0/s1. The van der Waals surface area contributed by atoms with E-state index < -0.39 is 0 Å². The minimum atomic E-state index is -0.0383. The van der Waals surface area contributed by atoms with Crippen molar-refractivity contribution >= 4 is 11.8 Å². The topological polar surface area (TPSA) is 61.4 Å². The Hall–Kier alpha value is -1.88. The van der Waals surface area contributed by atoms with Crippen molar-refractivity contribution in [1.29, 1.82) is 0 Å². The summed E-state index contributed by atoms with van der Waals surface area (Å²) in [5.41, 5.74) is 1.10. The van der Waals surface area contributed by atoms with Gasteiger partial charge in [0.05, 0.1) is 6.54 Å². The number of rotatable bonds is 4. The van der Waals surface area contributed by atoms with Crippen LogP contribution in [0.15, 0.2) is 30.3 Å². The molecule has 1 saturated carbocycles. The molecule has 0 bridgehead atoms. The monoisotopic (exact) mass is 343 g/mol. The van der Waals surface area contributed by atoms with Crippen LogP contribution in [0.25, 0.3) is 0 Å². The normalized spacial score (nSPS) is 23.4. The van der Waals surface area contributed by atoms with Gasteiger partial charge in [-0.3, -0.25) is 14.5 Å². The quantitative estimate of drug-likeness (QED) is 0.825. The smallest absolute Gasteiger partial charge is 0.234 e. The predicted octanol–water partition coefficient (Wildman–Crippen LogP) is 2.39. The number of amides is 2. The molecule has 0 radical (unpaired) electrons. The lowest BCUT2D eigenvalue weighted by atomic mass is 10.0. The summed E-state index contributed by atoms with van der Waals surface area (Å²) >= 11 is 0. The molecule has 136 valence electrons. The molecule has 0 unspecified atom stereocenters. The van der Waals surface area contributed by atoms with Crippen LogP contribution in [0.2, 0.25) is 0 Å². The largest absolute Gasteiger partial charge is 0.355 e. The molecule has 1 saturated heterocycles. The highest BCUT2D eigenvalue weighted by atomic mass is 16.2. The minimum Gasteiger partial charge on any atom is -0.355 e. The van der Waals surface area contributed by atoms with Crippen LogP contribution in [-0.2, 0) is 9.59 Å². The van der Waals surface area contributed by atoms with Crippen molar-refractivity contribution in [3.05, 3.63) is 35.9 Å². The summed E-state index contributed by atoms with van der Waals surface area (Å²) < 4.78 is 0. The molecule has 3 rings (SSSR count). The molecule has 0 spiro atoms. The van der Waals surface area contributed by atoms with Crippen molar-refractivity contribution in [3.63, 3.8) is 0 Å². The second-order valence-corrected chi connectivity index (χ2v) is 7.21. The third-order valence-electron chi connectivity index (χ3n) is 5.29. The van der Waals surface area contributed by atoms with Gasteiger partial charge in [-0.2, -0.15) is 0 Å². The number of nitrogens with zero attached hydrogens (tertiary/aromatic N) is 1. The average molecular weight is 343 g/mol. The molecule has 5 heteroatoms. The van der Waals surface area contributed by atoms with Gasteiger partial charge in [0.25, 0.3) is 0 Å². The lowest BCUT2D eigenvalue weighted by molar-refractivity contribution is -0.125. The molecular formula is C20H29N3O2. The molecule has 1 heterocycles. The molecule has 1 aliphatic carbocycles. The van der Waals surface area contributed by atoms with Crippen LogP contribution < -0.4 is 10.6 Å². The Balaban J connectivity index is 1.64. The number of nitrogens with one attached hydrogen (secondary N) is 2. The van der Waals surface area contributed by atoms with Crippen molar-refractivity contribution in [1.82, 2.24) is 15.5 Å². The zero-order valence-electron chi connectivity index (χ0n) is 14.9. The molecule has 2 N–H and O–H groups in total. The van der Waals surface area contributed by atoms with Gasteiger partial charge in [-0.25, -0.2) is 0 Å². The van der Waals surface area contributed by atoms with Crippen molar-refractivity contribution in [2.24, 2.45) is 0 Å². The van der Waals surface area contributed by atoms with Crippen molar-refractivity contribution in [2.45, 2.75) is 57.0 Å². The Morgan fingerprint density at radius 2 is 1.84 bits per heavy atom. The Morgan fingerprint density at radius 1 is 1.12 bits per heavy atom. The van der Waals surface area contributed by atoms with Crippen LogP contribution in [-0.4, -0.2) is 42.4 Å². The number of hydrogen-bond donors (Lipinski definition) is 2. The van der Waals surface area contributed by atoms with Gasteiger partial charge >= 0.3 is 0 Å². The maximum Gasteiger partial charge on any atom is 0.234 e. The van der Waals surface area contributed by atoms with E-state index >= 15 is 0 Å². The lowest BCUT2D eigenvalue weighted by Gasteiger charge is -2.29. The molecular weight excluding hydrogens is 314 g/mol. The summed E-state index contributed by atoms with van der Waals surface area (Å²) in [6.45, 7) is 1.65. The van der Waals surface area contributed by atoms with Crippen LogP contribution in [0.5, 0.6) is 0 Å². The molecule has 25 heavy (non-hydrogen) atoms. The molecule has 1 atom stereocenters. The molecule has 2 fully saturated rings.